The zero-order valence-corrected chi connectivity index (χ0v) is 7.67. The van der Waals surface area contributed by atoms with Crippen molar-refractivity contribution in [1.29, 1.82) is 0 Å². The first kappa shape index (κ1) is 11.4. The van der Waals surface area contributed by atoms with Gasteiger partial charge in [-0.1, -0.05) is 0 Å². The topological polar surface area (TPSA) is 35.5 Å². The fourth-order valence-electron chi connectivity index (χ4n) is 0.986. The lowest BCUT2D eigenvalue weighted by Crippen LogP contribution is -2.17. The molecular weight excluding hydrogens is 213 g/mol. The molecule has 0 unspecified atom stereocenters. The van der Waals surface area contributed by atoms with Gasteiger partial charge in [-0.25, -0.2) is 0 Å². The van der Waals surface area contributed by atoms with Crippen LogP contribution >= 0.6 is 0 Å². The van der Waals surface area contributed by atoms with Crippen molar-refractivity contribution in [3.05, 3.63) is 23.8 Å². The number of carbonyl (C=O) groups excluding carboxylic acids is 1. The molecule has 1 aromatic carbocycles. The number of benzene rings is 1. The number of aldehydes is 1. The average Bonchev–Trinajstić information content (AvgIpc) is 2.15. The second-order valence-electron chi connectivity index (χ2n) is 2.57. The third kappa shape index (κ3) is 3.16. The van der Waals surface area contributed by atoms with E-state index in [1.807, 2.05) is 0 Å². The van der Waals surface area contributed by atoms with Gasteiger partial charge in [0.05, 0.1) is 12.7 Å². The predicted molar refractivity (Wildman–Crippen MR) is 45.1 cm³/mol. The Morgan fingerprint density at radius 3 is 2.47 bits per heavy atom. The second-order valence-corrected chi connectivity index (χ2v) is 2.57. The summed E-state index contributed by atoms with van der Waals surface area (Å²) in [4.78, 5) is 10.4. The lowest BCUT2D eigenvalue weighted by atomic mass is 10.2. The van der Waals surface area contributed by atoms with Gasteiger partial charge < -0.3 is 9.47 Å². The summed E-state index contributed by atoms with van der Waals surface area (Å²) < 4.78 is 43.8. The second kappa shape index (κ2) is 4.20. The smallest absolute Gasteiger partial charge is 0.496 e. The molecule has 0 bridgehead atoms. The van der Waals surface area contributed by atoms with Gasteiger partial charge in [0.2, 0.25) is 0 Å². The molecule has 0 aliphatic heterocycles. The molecule has 1 rings (SSSR count). The Balaban J connectivity index is 2.98. The number of hydrogen-bond donors (Lipinski definition) is 0. The van der Waals surface area contributed by atoms with Crippen molar-refractivity contribution in [3.63, 3.8) is 0 Å². The summed E-state index contributed by atoms with van der Waals surface area (Å²) in [6, 6.07) is 3.23. The van der Waals surface area contributed by atoms with E-state index in [-0.39, 0.29) is 11.3 Å². The third-order valence-corrected chi connectivity index (χ3v) is 1.57. The summed E-state index contributed by atoms with van der Waals surface area (Å²) in [6.45, 7) is 0. The van der Waals surface area contributed by atoms with Gasteiger partial charge in [-0.3, -0.25) is 4.79 Å². The Kier molecular flexibility index (Phi) is 3.18. The monoisotopic (exact) mass is 220 g/mol. The minimum Gasteiger partial charge on any atom is -0.496 e. The highest BCUT2D eigenvalue weighted by Crippen LogP contribution is 2.28. The molecule has 1 aromatic rings. The quantitative estimate of drug-likeness (QED) is 0.733. The molecule has 0 aliphatic rings. The van der Waals surface area contributed by atoms with Gasteiger partial charge in [-0.15, -0.1) is 13.2 Å². The average molecular weight is 220 g/mol. The van der Waals surface area contributed by atoms with Crippen molar-refractivity contribution >= 4 is 6.29 Å². The summed E-state index contributed by atoms with van der Waals surface area (Å²) in [5.74, 6) is -0.392. The minimum atomic E-state index is -4.76. The van der Waals surface area contributed by atoms with Gasteiger partial charge in [0, 0.05) is 6.07 Å². The molecule has 0 N–H and O–H groups in total. The number of rotatable bonds is 3. The number of alkyl halides is 3. The Labute approximate surface area is 83.4 Å². The van der Waals surface area contributed by atoms with Crippen LogP contribution in [0.4, 0.5) is 13.2 Å². The van der Waals surface area contributed by atoms with Crippen molar-refractivity contribution in [2.75, 3.05) is 7.11 Å². The normalized spacial score (nSPS) is 10.9. The standard InChI is InChI=1S/C9H7F3O3/c1-14-8-4-7(15-9(10,11)12)3-2-6(8)5-13/h2-5H,1H3. The maximum absolute atomic E-state index is 11.8. The zero-order chi connectivity index (χ0) is 11.5. The van der Waals surface area contributed by atoms with Crippen molar-refractivity contribution in [3.8, 4) is 11.5 Å². The molecule has 0 amide bonds. The molecule has 0 radical (unpaired) electrons. The lowest BCUT2D eigenvalue weighted by Gasteiger charge is -2.10. The highest BCUT2D eigenvalue weighted by atomic mass is 19.4. The maximum atomic E-state index is 11.8. The van der Waals surface area contributed by atoms with Crippen molar-refractivity contribution in [2.45, 2.75) is 6.36 Å². The molecule has 0 saturated heterocycles. The van der Waals surface area contributed by atoms with Gasteiger partial charge in [0.25, 0.3) is 0 Å². The lowest BCUT2D eigenvalue weighted by molar-refractivity contribution is -0.274. The van der Waals surface area contributed by atoms with Crippen LogP contribution < -0.4 is 9.47 Å². The molecule has 0 aliphatic carbocycles. The Hall–Kier alpha value is -1.72. The van der Waals surface area contributed by atoms with E-state index in [1.54, 1.807) is 0 Å². The Bertz CT molecular complexity index is 360. The highest BCUT2D eigenvalue weighted by molar-refractivity contribution is 5.79. The summed E-state index contributed by atoms with van der Waals surface area (Å²) >= 11 is 0. The molecule has 6 heteroatoms. The number of ether oxygens (including phenoxy) is 2. The van der Waals surface area contributed by atoms with Gasteiger partial charge in [-0.05, 0) is 12.1 Å². The largest absolute Gasteiger partial charge is 0.573 e. The molecule has 82 valence electrons. The first-order valence-corrected chi connectivity index (χ1v) is 3.85. The van der Waals surface area contributed by atoms with Gasteiger partial charge in [0.1, 0.15) is 11.5 Å². The molecule has 3 nitrogen and oxygen atoms in total. The van der Waals surface area contributed by atoms with E-state index in [4.69, 9.17) is 4.74 Å². The summed E-state index contributed by atoms with van der Waals surface area (Å²) in [5.41, 5.74) is 0.159. The molecule has 15 heavy (non-hydrogen) atoms. The third-order valence-electron chi connectivity index (χ3n) is 1.57. The van der Waals surface area contributed by atoms with Crippen LogP contribution in [-0.2, 0) is 0 Å². The van der Waals surface area contributed by atoms with E-state index < -0.39 is 12.1 Å². The fourth-order valence-corrected chi connectivity index (χ4v) is 0.986. The molecule has 0 atom stereocenters. The van der Waals surface area contributed by atoms with Crippen molar-refractivity contribution < 1.29 is 27.4 Å². The van der Waals surface area contributed by atoms with E-state index in [1.165, 1.54) is 13.2 Å². The van der Waals surface area contributed by atoms with E-state index in [0.717, 1.165) is 12.1 Å². The molecule has 0 heterocycles. The first-order chi connectivity index (χ1) is 6.96. The number of carbonyl (C=O) groups is 1. The van der Waals surface area contributed by atoms with Crippen molar-refractivity contribution in [2.24, 2.45) is 0 Å². The predicted octanol–water partition coefficient (Wildman–Crippen LogP) is 2.41. The van der Waals surface area contributed by atoms with E-state index >= 15 is 0 Å². The molecule has 0 fully saturated rings. The maximum Gasteiger partial charge on any atom is 0.573 e. The van der Waals surface area contributed by atoms with E-state index in [0.29, 0.717) is 6.29 Å². The minimum absolute atomic E-state index is 0.0340. The fraction of sp³-hybridized carbons (Fsp3) is 0.222. The summed E-state index contributed by atoms with van der Waals surface area (Å²) in [5, 5.41) is 0. The zero-order valence-electron chi connectivity index (χ0n) is 7.67. The van der Waals surface area contributed by atoms with Crippen LogP contribution in [0.2, 0.25) is 0 Å². The van der Waals surface area contributed by atoms with Crippen LogP contribution in [-0.4, -0.2) is 19.8 Å². The van der Waals surface area contributed by atoms with Crippen LogP contribution in [0, 0.1) is 0 Å². The Morgan fingerprint density at radius 1 is 1.33 bits per heavy atom. The highest BCUT2D eigenvalue weighted by Gasteiger charge is 2.31. The van der Waals surface area contributed by atoms with Crippen LogP contribution in [0.1, 0.15) is 10.4 Å². The number of hydrogen-bond acceptors (Lipinski definition) is 3. The van der Waals surface area contributed by atoms with Gasteiger partial charge in [-0.2, -0.15) is 0 Å². The van der Waals surface area contributed by atoms with Crippen LogP contribution in [0.25, 0.3) is 0 Å². The molecule has 0 saturated carbocycles. The molecule has 0 spiro atoms. The number of methoxy groups -OCH3 is 1. The molecular formula is C9H7F3O3. The molecule has 0 aromatic heterocycles. The Morgan fingerprint density at radius 2 is 2.00 bits per heavy atom. The van der Waals surface area contributed by atoms with Crippen molar-refractivity contribution in [1.82, 2.24) is 0 Å². The SMILES string of the molecule is COc1cc(OC(F)(F)F)ccc1C=O. The summed E-state index contributed by atoms with van der Waals surface area (Å²) in [7, 11) is 1.25. The van der Waals surface area contributed by atoms with Crippen LogP contribution in [0.5, 0.6) is 11.5 Å². The number of halogens is 3. The first-order valence-electron chi connectivity index (χ1n) is 3.85. The van der Waals surface area contributed by atoms with E-state index in [2.05, 4.69) is 4.74 Å². The van der Waals surface area contributed by atoms with Gasteiger partial charge >= 0.3 is 6.36 Å². The van der Waals surface area contributed by atoms with Crippen LogP contribution in [0.3, 0.4) is 0 Å². The van der Waals surface area contributed by atoms with E-state index in [9.17, 15) is 18.0 Å². The van der Waals surface area contributed by atoms with Crippen LogP contribution in [0.15, 0.2) is 18.2 Å². The summed E-state index contributed by atoms with van der Waals surface area (Å²) in [6.07, 6.45) is -4.27. The van der Waals surface area contributed by atoms with Gasteiger partial charge in [0.15, 0.2) is 6.29 Å².